The Kier molecular flexibility index (Phi) is 3.83. The summed E-state index contributed by atoms with van der Waals surface area (Å²) in [7, 11) is 0. The summed E-state index contributed by atoms with van der Waals surface area (Å²) in [5.41, 5.74) is 9.55. The Morgan fingerprint density at radius 3 is 2.80 bits per heavy atom. The molecule has 1 aliphatic heterocycles. The lowest BCUT2D eigenvalue weighted by Gasteiger charge is -2.26. The number of carbonyl (C=O) groups is 1. The minimum absolute atomic E-state index is 0.123. The summed E-state index contributed by atoms with van der Waals surface area (Å²) in [5, 5.41) is 3.46. The Morgan fingerprint density at radius 2 is 2.05 bits per heavy atom. The summed E-state index contributed by atoms with van der Waals surface area (Å²) in [6.07, 6.45) is 3.48. The molecule has 0 spiro atoms. The molecule has 0 aliphatic carbocycles. The van der Waals surface area contributed by atoms with Crippen molar-refractivity contribution < 1.29 is 4.79 Å². The van der Waals surface area contributed by atoms with Crippen LogP contribution < -0.4 is 11.2 Å². The summed E-state index contributed by atoms with van der Waals surface area (Å²) in [5.74, 6) is -0.123. The van der Waals surface area contributed by atoms with Gasteiger partial charge in [0.2, 0.25) is 0 Å². The van der Waals surface area contributed by atoms with Crippen LogP contribution in [-0.2, 0) is 0 Å². The monoisotopic (exact) mass is 309 g/mol. The highest BCUT2D eigenvalue weighted by Crippen LogP contribution is 2.35. The second-order valence-electron chi connectivity index (χ2n) is 4.97. The Bertz CT molecular complexity index is 649. The highest BCUT2D eigenvalue weighted by Gasteiger charge is 2.19. The minimum atomic E-state index is -0.123. The molecule has 0 saturated carbocycles. The maximum absolute atomic E-state index is 12.3. The molecule has 3 rings (SSSR count). The van der Waals surface area contributed by atoms with Crippen molar-refractivity contribution in [3.63, 3.8) is 0 Å². The predicted molar refractivity (Wildman–Crippen MR) is 84.1 cm³/mol. The Balaban J connectivity index is 1.85. The molecule has 106 valence electrons. The third kappa shape index (κ3) is 2.61. The number of nitrogens with one attached hydrogen (secondary N) is 1. The van der Waals surface area contributed by atoms with E-state index in [0.29, 0.717) is 15.6 Å². The first-order valence-corrected chi connectivity index (χ1v) is 7.88. The van der Waals surface area contributed by atoms with Gasteiger partial charge in [0.1, 0.15) is 4.88 Å². The molecule has 0 bridgehead atoms. The molecular formula is C14H16ClN3OS. The first-order valence-electron chi connectivity index (χ1n) is 6.68. The molecule has 1 amide bonds. The molecule has 4 nitrogen and oxygen atoms in total. The van der Waals surface area contributed by atoms with Gasteiger partial charge in [-0.05, 0) is 31.0 Å². The molecular weight excluding hydrogens is 294 g/mol. The number of piperidine rings is 1. The number of benzene rings is 1. The first kappa shape index (κ1) is 13.7. The number of anilines is 1. The van der Waals surface area contributed by atoms with Crippen molar-refractivity contribution in [2.24, 2.45) is 0 Å². The van der Waals surface area contributed by atoms with E-state index in [9.17, 15) is 4.79 Å². The van der Waals surface area contributed by atoms with Crippen molar-refractivity contribution >= 4 is 44.6 Å². The van der Waals surface area contributed by atoms with Crippen LogP contribution in [0.25, 0.3) is 10.1 Å². The van der Waals surface area contributed by atoms with E-state index in [1.54, 1.807) is 6.07 Å². The Morgan fingerprint density at radius 1 is 1.30 bits per heavy atom. The lowest BCUT2D eigenvalue weighted by Crippen LogP contribution is -2.44. The standard InChI is InChI=1S/C14H16ClN3OS/c15-9-4-5-11-10(8-9)12(16)13(20-11)14(19)17-18-6-2-1-3-7-18/h4-5,8H,1-3,6-7,16H2,(H,17,19). The van der Waals surface area contributed by atoms with Gasteiger partial charge >= 0.3 is 0 Å². The number of nitrogens with zero attached hydrogens (tertiary/aromatic N) is 1. The highest BCUT2D eigenvalue weighted by atomic mass is 35.5. The Labute approximate surface area is 126 Å². The molecule has 0 atom stereocenters. The summed E-state index contributed by atoms with van der Waals surface area (Å²) in [6.45, 7) is 1.81. The normalized spacial score (nSPS) is 16.4. The van der Waals surface area contributed by atoms with Crippen molar-refractivity contribution in [1.82, 2.24) is 10.4 Å². The lowest BCUT2D eigenvalue weighted by atomic mass is 10.2. The van der Waals surface area contributed by atoms with Gasteiger partial charge in [-0.15, -0.1) is 11.3 Å². The molecule has 20 heavy (non-hydrogen) atoms. The molecule has 2 aromatic rings. The number of hydrogen-bond acceptors (Lipinski definition) is 4. The Hall–Kier alpha value is -1.30. The first-order chi connectivity index (χ1) is 9.65. The van der Waals surface area contributed by atoms with Crippen LogP contribution in [0.5, 0.6) is 0 Å². The second-order valence-corrected chi connectivity index (χ2v) is 6.46. The minimum Gasteiger partial charge on any atom is -0.397 e. The lowest BCUT2D eigenvalue weighted by molar-refractivity contribution is 0.0755. The van der Waals surface area contributed by atoms with E-state index in [1.807, 2.05) is 17.1 Å². The van der Waals surface area contributed by atoms with E-state index in [1.165, 1.54) is 17.8 Å². The number of fused-ring (bicyclic) bond motifs is 1. The van der Waals surface area contributed by atoms with Crippen LogP contribution in [0.4, 0.5) is 5.69 Å². The summed E-state index contributed by atoms with van der Waals surface area (Å²) < 4.78 is 0.982. The van der Waals surface area contributed by atoms with Crippen LogP contribution >= 0.6 is 22.9 Å². The van der Waals surface area contributed by atoms with Gasteiger partial charge < -0.3 is 5.73 Å². The van der Waals surface area contributed by atoms with Crippen molar-refractivity contribution in [2.45, 2.75) is 19.3 Å². The molecule has 3 N–H and O–H groups in total. The molecule has 2 heterocycles. The predicted octanol–water partition coefficient (Wildman–Crippen LogP) is 3.27. The van der Waals surface area contributed by atoms with E-state index < -0.39 is 0 Å². The van der Waals surface area contributed by atoms with Gasteiger partial charge in [0.25, 0.3) is 5.91 Å². The van der Waals surface area contributed by atoms with Gasteiger partial charge in [0.15, 0.2) is 0 Å². The fraction of sp³-hybridized carbons (Fsp3) is 0.357. The van der Waals surface area contributed by atoms with Crippen molar-refractivity contribution in [3.05, 3.63) is 28.1 Å². The fourth-order valence-corrected chi connectivity index (χ4v) is 3.62. The van der Waals surface area contributed by atoms with Gasteiger partial charge in [-0.1, -0.05) is 18.0 Å². The highest BCUT2D eigenvalue weighted by molar-refractivity contribution is 7.21. The topological polar surface area (TPSA) is 58.4 Å². The summed E-state index contributed by atoms with van der Waals surface area (Å²) in [6, 6.07) is 5.52. The van der Waals surface area contributed by atoms with Crippen LogP contribution in [-0.4, -0.2) is 24.0 Å². The van der Waals surface area contributed by atoms with Crippen LogP contribution in [0.1, 0.15) is 28.9 Å². The van der Waals surface area contributed by atoms with Crippen LogP contribution in [0.3, 0.4) is 0 Å². The number of rotatable bonds is 2. The summed E-state index contributed by atoms with van der Waals surface area (Å²) in [4.78, 5) is 12.9. The molecule has 1 aromatic heterocycles. The maximum atomic E-state index is 12.3. The third-order valence-electron chi connectivity index (χ3n) is 3.51. The van der Waals surface area contributed by atoms with Crippen molar-refractivity contribution in [3.8, 4) is 0 Å². The molecule has 1 saturated heterocycles. The van der Waals surface area contributed by atoms with E-state index in [0.717, 1.165) is 36.0 Å². The number of amides is 1. The molecule has 1 aliphatic rings. The molecule has 6 heteroatoms. The zero-order valence-corrected chi connectivity index (χ0v) is 12.6. The van der Waals surface area contributed by atoms with Crippen LogP contribution in [0, 0.1) is 0 Å². The number of nitrogens with two attached hydrogens (primary N) is 1. The molecule has 1 fully saturated rings. The maximum Gasteiger partial charge on any atom is 0.277 e. The van der Waals surface area contributed by atoms with E-state index in [2.05, 4.69) is 5.43 Å². The van der Waals surface area contributed by atoms with Gasteiger partial charge in [0, 0.05) is 28.2 Å². The van der Waals surface area contributed by atoms with Crippen LogP contribution in [0.15, 0.2) is 18.2 Å². The fourth-order valence-electron chi connectivity index (χ4n) is 2.46. The van der Waals surface area contributed by atoms with Crippen molar-refractivity contribution in [1.29, 1.82) is 0 Å². The zero-order chi connectivity index (χ0) is 14.1. The van der Waals surface area contributed by atoms with Gasteiger partial charge in [-0.3, -0.25) is 10.2 Å². The molecule has 0 unspecified atom stereocenters. The van der Waals surface area contributed by atoms with Gasteiger partial charge in [0.05, 0.1) is 5.69 Å². The number of hydrogen-bond donors (Lipinski definition) is 2. The van der Waals surface area contributed by atoms with E-state index >= 15 is 0 Å². The van der Waals surface area contributed by atoms with Gasteiger partial charge in [-0.25, -0.2) is 5.01 Å². The number of halogens is 1. The SMILES string of the molecule is Nc1c(C(=O)NN2CCCCC2)sc2ccc(Cl)cc12. The van der Waals surface area contributed by atoms with Crippen molar-refractivity contribution in [2.75, 3.05) is 18.8 Å². The van der Waals surface area contributed by atoms with Crippen LogP contribution in [0.2, 0.25) is 5.02 Å². The number of carbonyl (C=O) groups excluding carboxylic acids is 1. The average Bonchev–Trinajstić information content (AvgIpc) is 2.77. The van der Waals surface area contributed by atoms with Gasteiger partial charge in [-0.2, -0.15) is 0 Å². The summed E-state index contributed by atoms with van der Waals surface area (Å²) >= 11 is 7.38. The number of hydrazine groups is 1. The smallest absolute Gasteiger partial charge is 0.277 e. The zero-order valence-electron chi connectivity index (χ0n) is 11.0. The number of thiophene rings is 1. The average molecular weight is 310 g/mol. The van der Waals surface area contributed by atoms with E-state index in [-0.39, 0.29) is 5.91 Å². The quantitative estimate of drug-likeness (QED) is 0.895. The largest absolute Gasteiger partial charge is 0.397 e. The molecule has 0 radical (unpaired) electrons. The molecule has 1 aromatic carbocycles. The number of nitrogen functional groups attached to an aromatic ring is 1. The third-order valence-corrected chi connectivity index (χ3v) is 4.93. The second kappa shape index (κ2) is 5.60. The van der Waals surface area contributed by atoms with E-state index in [4.69, 9.17) is 17.3 Å².